The van der Waals surface area contributed by atoms with E-state index in [4.69, 9.17) is 4.74 Å². The van der Waals surface area contributed by atoms with Crippen LogP contribution in [0.3, 0.4) is 0 Å². The molecule has 0 spiro atoms. The summed E-state index contributed by atoms with van der Waals surface area (Å²) in [6.45, 7) is 10.6. The van der Waals surface area contributed by atoms with Gasteiger partial charge >= 0.3 is 0 Å². The summed E-state index contributed by atoms with van der Waals surface area (Å²) in [5.74, 6) is 1.47. The highest BCUT2D eigenvalue weighted by Gasteiger charge is 2.08. The molecule has 0 saturated heterocycles. The van der Waals surface area contributed by atoms with Crippen molar-refractivity contribution in [2.75, 3.05) is 13.6 Å². The molecule has 132 valence electrons. The normalized spacial score (nSPS) is 12.2. The van der Waals surface area contributed by atoms with Gasteiger partial charge in [-0.05, 0) is 61.7 Å². The molecule has 2 aromatic rings. The number of aliphatic imine (C=N–C) groups is 1. The predicted octanol–water partition coefficient (Wildman–Crippen LogP) is 4.93. The third kappa shape index (κ3) is 4.94. The average Bonchev–Trinajstić information content (AvgIpc) is 2.62. The first-order valence-electron chi connectivity index (χ1n) is 8.38. The van der Waals surface area contributed by atoms with Gasteiger partial charge in [0.1, 0.15) is 11.5 Å². The van der Waals surface area contributed by atoms with E-state index in [1.807, 2.05) is 68.5 Å². The number of benzene rings is 2. The van der Waals surface area contributed by atoms with Crippen LogP contribution in [0.2, 0.25) is 0 Å². The van der Waals surface area contributed by atoms with Gasteiger partial charge in [0.2, 0.25) is 0 Å². The second kappa shape index (κ2) is 8.49. The Kier molecular flexibility index (Phi) is 6.37. The van der Waals surface area contributed by atoms with Gasteiger partial charge in [0.15, 0.2) is 0 Å². The van der Waals surface area contributed by atoms with Gasteiger partial charge in [-0.1, -0.05) is 18.2 Å². The van der Waals surface area contributed by atoms with Crippen LogP contribution in [0.1, 0.15) is 29.7 Å². The van der Waals surface area contributed by atoms with E-state index in [9.17, 15) is 5.11 Å². The Balaban J connectivity index is 2.25. The highest BCUT2D eigenvalue weighted by Crippen LogP contribution is 2.32. The topological polar surface area (TPSA) is 45.1 Å². The third-order valence-corrected chi connectivity index (χ3v) is 4.04. The first kappa shape index (κ1) is 18.7. The Morgan fingerprint density at radius 2 is 2.00 bits per heavy atom. The maximum absolute atomic E-state index is 9.89. The zero-order valence-electron chi connectivity index (χ0n) is 15.4. The number of aliphatic hydroxyl groups is 1. The fourth-order valence-electron chi connectivity index (χ4n) is 2.29. The number of hydrogen-bond donors (Lipinski definition) is 1. The lowest BCUT2D eigenvalue weighted by molar-refractivity contribution is 0.228. The van der Waals surface area contributed by atoms with Crippen molar-refractivity contribution in [1.29, 1.82) is 0 Å². The molecule has 1 N–H and O–H groups in total. The Morgan fingerprint density at radius 3 is 2.68 bits per heavy atom. The maximum atomic E-state index is 9.89. The molecule has 1 unspecified atom stereocenters. The minimum atomic E-state index is -0.696. The molecule has 0 radical (unpaired) electrons. The van der Waals surface area contributed by atoms with Crippen LogP contribution < -0.4 is 4.74 Å². The van der Waals surface area contributed by atoms with E-state index in [0.717, 1.165) is 34.7 Å². The first-order chi connectivity index (χ1) is 11.9. The van der Waals surface area contributed by atoms with E-state index >= 15 is 0 Å². The monoisotopic (exact) mass is 338 g/mol. The number of ether oxygens (including phenoxy) is 1. The fraction of sp³-hybridized carbons (Fsp3) is 0.286. The Bertz CT molecular complexity index is 768. The van der Waals surface area contributed by atoms with E-state index in [1.54, 1.807) is 0 Å². The number of aliphatic hydroxyl groups excluding tert-OH is 1. The highest BCUT2D eigenvalue weighted by molar-refractivity contribution is 5.64. The van der Waals surface area contributed by atoms with E-state index in [2.05, 4.69) is 18.5 Å². The Labute approximate surface area is 150 Å². The highest BCUT2D eigenvalue weighted by atomic mass is 16.5. The van der Waals surface area contributed by atoms with E-state index in [-0.39, 0.29) is 0 Å². The standard InChI is InChI=1S/C21H26N2O2/c1-6-20(24)17-9-8-10-18(13-17)25-21-12-15(3)19(11-16(21)4)22-14-23(5)7-2/h6,8-14,20,24H,1,7H2,2-5H3/b22-14+. The largest absolute Gasteiger partial charge is 0.457 e. The molecule has 1 atom stereocenters. The molecule has 2 rings (SSSR count). The summed E-state index contributed by atoms with van der Waals surface area (Å²) in [6.07, 6.45) is 2.63. The Hall–Kier alpha value is -2.59. The van der Waals surface area contributed by atoms with Crippen LogP contribution in [0.25, 0.3) is 0 Å². The van der Waals surface area contributed by atoms with Crippen molar-refractivity contribution >= 4 is 12.0 Å². The van der Waals surface area contributed by atoms with E-state index in [0.29, 0.717) is 5.75 Å². The minimum Gasteiger partial charge on any atom is -0.457 e. The van der Waals surface area contributed by atoms with Gasteiger partial charge in [-0.15, -0.1) is 6.58 Å². The van der Waals surface area contributed by atoms with Crippen LogP contribution >= 0.6 is 0 Å². The van der Waals surface area contributed by atoms with Crippen LogP contribution in [0, 0.1) is 13.8 Å². The minimum absolute atomic E-state index is 0.683. The maximum Gasteiger partial charge on any atom is 0.130 e. The van der Waals surface area contributed by atoms with Gasteiger partial charge in [-0.2, -0.15) is 0 Å². The molecular weight excluding hydrogens is 312 g/mol. The second-order valence-corrected chi connectivity index (χ2v) is 6.08. The average molecular weight is 338 g/mol. The molecule has 4 nitrogen and oxygen atoms in total. The molecule has 25 heavy (non-hydrogen) atoms. The third-order valence-electron chi connectivity index (χ3n) is 4.04. The molecule has 0 fully saturated rings. The Morgan fingerprint density at radius 1 is 1.24 bits per heavy atom. The van der Waals surface area contributed by atoms with Gasteiger partial charge in [-0.3, -0.25) is 0 Å². The molecule has 0 aliphatic heterocycles. The molecular formula is C21H26N2O2. The lowest BCUT2D eigenvalue weighted by atomic mass is 10.1. The number of rotatable bonds is 7. The summed E-state index contributed by atoms with van der Waals surface area (Å²) in [5, 5.41) is 9.89. The molecule has 0 heterocycles. The second-order valence-electron chi connectivity index (χ2n) is 6.08. The zero-order valence-corrected chi connectivity index (χ0v) is 15.4. The van der Waals surface area contributed by atoms with Crippen molar-refractivity contribution in [3.8, 4) is 11.5 Å². The molecule has 0 aliphatic carbocycles. The predicted molar refractivity (Wildman–Crippen MR) is 104 cm³/mol. The van der Waals surface area contributed by atoms with E-state index in [1.165, 1.54) is 6.08 Å². The molecule has 0 amide bonds. The number of aryl methyl sites for hydroxylation is 2. The number of hydrogen-bond acceptors (Lipinski definition) is 3. The van der Waals surface area contributed by atoms with Gasteiger partial charge in [0, 0.05) is 13.6 Å². The van der Waals surface area contributed by atoms with Gasteiger partial charge in [-0.25, -0.2) is 4.99 Å². The summed E-state index contributed by atoms with van der Waals surface area (Å²) in [7, 11) is 1.99. The van der Waals surface area contributed by atoms with Crippen molar-refractivity contribution in [3.05, 3.63) is 65.7 Å². The zero-order chi connectivity index (χ0) is 18.4. The fourth-order valence-corrected chi connectivity index (χ4v) is 2.29. The SMILES string of the molecule is C=CC(O)c1cccc(Oc2cc(C)c(/N=C/N(C)CC)cc2C)c1. The molecule has 0 aliphatic rings. The van der Waals surface area contributed by atoms with Crippen molar-refractivity contribution < 1.29 is 9.84 Å². The van der Waals surface area contributed by atoms with Gasteiger partial charge in [0.25, 0.3) is 0 Å². The van der Waals surface area contributed by atoms with Crippen LogP contribution in [-0.2, 0) is 0 Å². The van der Waals surface area contributed by atoms with Crippen molar-refractivity contribution in [3.63, 3.8) is 0 Å². The van der Waals surface area contributed by atoms with Crippen LogP contribution in [0.15, 0.2) is 54.0 Å². The number of nitrogens with zero attached hydrogens (tertiary/aromatic N) is 2. The van der Waals surface area contributed by atoms with Crippen molar-refractivity contribution in [2.24, 2.45) is 4.99 Å². The first-order valence-corrected chi connectivity index (χ1v) is 8.38. The summed E-state index contributed by atoms with van der Waals surface area (Å²) in [6, 6.07) is 11.4. The molecule has 0 saturated carbocycles. The van der Waals surface area contributed by atoms with Crippen molar-refractivity contribution in [1.82, 2.24) is 4.90 Å². The summed E-state index contributed by atoms with van der Waals surface area (Å²) in [4.78, 5) is 6.56. The van der Waals surface area contributed by atoms with Crippen molar-refractivity contribution in [2.45, 2.75) is 26.9 Å². The van der Waals surface area contributed by atoms with Crippen LogP contribution in [0.5, 0.6) is 11.5 Å². The molecule has 0 bridgehead atoms. The summed E-state index contributed by atoms with van der Waals surface area (Å²) >= 11 is 0. The lowest BCUT2D eigenvalue weighted by Crippen LogP contribution is -2.14. The smallest absolute Gasteiger partial charge is 0.130 e. The lowest BCUT2D eigenvalue weighted by Gasteiger charge is -2.14. The van der Waals surface area contributed by atoms with Gasteiger partial charge < -0.3 is 14.7 Å². The quantitative estimate of drug-likeness (QED) is 0.442. The van der Waals surface area contributed by atoms with E-state index < -0.39 is 6.10 Å². The molecule has 2 aromatic carbocycles. The summed E-state index contributed by atoms with van der Waals surface area (Å²) in [5.41, 5.74) is 3.74. The van der Waals surface area contributed by atoms with Gasteiger partial charge in [0.05, 0.1) is 18.1 Å². The molecule has 4 heteroatoms. The molecule has 0 aromatic heterocycles. The van der Waals surface area contributed by atoms with Crippen LogP contribution in [-0.4, -0.2) is 29.9 Å². The summed E-state index contributed by atoms with van der Waals surface area (Å²) < 4.78 is 6.02. The van der Waals surface area contributed by atoms with Crippen LogP contribution in [0.4, 0.5) is 5.69 Å².